The minimum atomic E-state index is -0.580. The van der Waals surface area contributed by atoms with Gasteiger partial charge in [0.25, 0.3) is 0 Å². The summed E-state index contributed by atoms with van der Waals surface area (Å²) in [5.74, 6) is 0.307. The Balaban J connectivity index is 2.79. The number of carbonyl (C=O) groups excluding carboxylic acids is 1. The molecule has 21 heavy (non-hydrogen) atoms. The van der Waals surface area contributed by atoms with Crippen molar-refractivity contribution in [1.82, 2.24) is 5.32 Å². The maximum atomic E-state index is 11.9. The van der Waals surface area contributed by atoms with Gasteiger partial charge in [-0.2, -0.15) is 0 Å². The molecule has 0 saturated carbocycles. The first-order valence-electron chi connectivity index (χ1n) is 6.29. The van der Waals surface area contributed by atoms with Gasteiger partial charge >= 0.3 is 5.97 Å². The predicted octanol–water partition coefficient (Wildman–Crippen LogP) is 2.96. The molecule has 1 unspecified atom stereocenters. The quantitative estimate of drug-likeness (QED) is 0.254. The highest BCUT2D eigenvalue weighted by atomic mass is 79.9. The number of nitrogens with one attached hydrogen (secondary N) is 1. The first kappa shape index (κ1) is 17.3. The topological polar surface area (TPSA) is 96.3 Å². The molecule has 0 saturated heterocycles. The van der Waals surface area contributed by atoms with Crippen LogP contribution in [0.15, 0.2) is 27.8 Å². The van der Waals surface area contributed by atoms with Crippen LogP contribution in [0.3, 0.4) is 0 Å². The van der Waals surface area contributed by atoms with Crippen LogP contribution in [0.25, 0.3) is 10.4 Å². The van der Waals surface area contributed by atoms with Gasteiger partial charge in [-0.1, -0.05) is 11.2 Å². The van der Waals surface area contributed by atoms with Gasteiger partial charge in [0, 0.05) is 11.5 Å². The van der Waals surface area contributed by atoms with Crippen LogP contribution in [0.4, 0.5) is 0 Å². The normalized spacial score (nSPS) is 11.4. The van der Waals surface area contributed by atoms with Crippen molar-refractivity contribution in [3.8, 4) is 5.75 Å². The molecular weight excluding hydrogens is 340 g/mol. The summed E-state index contributed by atoms with van der Waals surface area (Å²) >= 11 is 3.39. The fourth-order valence-corrected chi connectivity index (χ4v) is 2.32. The van der Waals surface area contributed by atoms with E-state index in [1.165, 1.54) is 7.11 Å². The number of benzene rings is 1. The molecule has 0 radical (unpaired) electrons. The molecule has 0 aliphatic heterocycles. The Morgan fingerprint density at radius 2 is 2.29 bits per heavy atom. The summed E-state index contributed by atoms with van der Waals surface area (Å²) < 4.78 is 10.7. The second-order valence-corrected chi connectivity index (χ2v) is 4.97. The Bertz CT molecular complexity index is 532. The Morgan fingerprint density at radius 3 is 2.86 bits per heavy atom. The standard InChI is InChI=1S/C13H17BrN4O3/c1-20-11-5-4-9(8-10(11)14)12(13(19)21-2)16-6-3-7-17-18-15/h4-5,8,12,16H,3,6-7H2,1-2H3. The van der Waals surface area contributed by atoms with Gasteiger partial charge in [-0.25, -0.2) is 4.79 Å². The molecule has 8 heteroatoms. The second kappa shape index (κ2) is 9.23. The van der Waals surface area contributed by atoms with Crippen LogP contribution in [0.1, 0.15) is 18.0 Å². The molecule has 0 aliphatic rings. The average Bonchev–Trinajstić information content (AvgIpc) is 2.50. The lowest BCUT2D eigenvalue weighted by molar-refractivity contribution is -0.143. The van der Waals surface area contributed by atoms with Gasteiger partial charge in [0.05, 0.1) is 18.7 Å². The molecular formula is C13H17BrN4O3. The Hall–Kier alpha value is -1.76. The first-order valence-corrected chi connectivity index (χ1v) is 7.08. The molecule has 0 fully saturated rings. The molecule has 1 N–H and O–H groups in total. The van der Waals surface area contributed by atoms with Crippen LogP contribution in [-0.2, 0) is 9.53 Å². The van der Waals surface area contributed by atoms with Gasteiger partial charge in [-0.05, 0) is 52.1 Å². The van der Waals surface area contributed by atoms with Crippen molar-refractivity contribution < 1.29 is 14.3 Å². The third-order valence-corrected chi connectivity index (χ3v) is 3.41. The van der Waals surface area contributed by atoms with Crippen LogP contribution < -0.4 is 10.1 Å². The smallest absolute Gasteiger partial charge is 0.327 e. The Labute approximate surface area is 131 Å². The molecule has 0 aromatic heterocycles. The zero-order chi connectivity index (χ0) is 15.7. The van der Waals surface area contributed by atoms with E-state index in [2.05, 4.69) is 31.3 Å². The molecule has 1 aromatic carbocycles. The number of rotatable bonds is 8. The van der Waals surface area contributed by atoms with Crippen molar-refractivity contribution in [3.63, 3.8) is 0 Å². The van der Waals surface area contributed by atoms with E-state index in [1.807, 2.05) is 0 Å². The van der Waals surface area contributed by atoms with E-state index in [0.717, 1.165) is 10.0 Å². The lowest BCUT2D eigenvalue weighted by atomic mass is 10.1. The highest BCUT2D eigenvalue weighted by Crippen LogP contribution is 2.28. The van der Waals surface area contributed by atoms with Gasteiger partial charge in [-0.3, -0.25) is 0 Å². The maximum Gasteiger partial charge on any atom is 0.327 e. The second-order valence-electron chi connectivity index (χ2n) is 4.11. The molecule has 114 valence electrons. The third kappa shape index (κ3) is 5.26. The van der Waals surface area contributed by atoms with E-state index in [4.69, 9.17) is 15.0 Å². The third-order valence-electron chi connectivity index (χ3n) is 2.79. The largest absolute Gasteiger partial charge is 0.496 e. The number of carbonyl (C=O) groups is 1. The van der Waals surface area contributed by atoms with Crippen LogP contribution >= 0.6 is 15.9 Å². The van der Waals surface area contributed by atoms with Gasteiger partial charge in [-0.15, -0.1) is 0 Å². The number of hydrogen-bond donors (Lipinski definition) is 1. The van der Waals surface area contributed by atoms with E-state index in [1.54, 1.807) is 25.3 Å². The highest BCUT2D eigenvalue weighted by molar-refractivity contribution is 9.10. The SMILES string of the molecule is COC(=O)C(NCCCN=[N+]=[N-])c1ccc(OC)c(Br)c1. The molecule has 1 atom stereocenters. The van der Waals surface area contributed by atoms with Crippen molar-refractivity contribution in [2.45, 2.75) is 12.5 Å². The van der Waals surface area contributed by atoms with Crippen molar-refractivity contribution in [3.05, 3.63) is 38.7 Å². The van der Waals surface area contributed by atoms with E-state index >= 15 is 0 Å². The number of halogens is 1. The van der Waals surface area contributed by atoms with Gasteiger partial charge in [0.2, 0.25) is 0 Å². The maximum absolute atomic E-state index is 11.9. The molecule has 0 amide bonds. The summed E-state index contributed by atoms with van der Waals surface area (Å²) in [6, 6.07) is 4.80. The number of hydrogen-bond acceptors (Lipinski definition) is 5. The average molecular weight is 357 g/mol. The minimum absolute atomic E-state index is 0.379. The zero-order valence-electron chi connectivity index (χ0n) is 11.9. The Kier molecular flexibility index (Phi) is 7.60. The van der Waals surface area contributed by atoms with E-state index < -0.39 is 6.04 Å². The van der Waals surface area contributed by atoms with E-state index in [9.17, 15) is 4.79 Å². The van der Waals surface area contributed by atoms with Crippen LogP contribution in [-0.4, -0.2) is 33.3 Å². The van der Waals surface area contributed by atoms with Crippen LogP contribution in [0.2, 0.25) is 0 Å². The first-order chi connectivity index (χ1) is 10.1. The molecule has 1 rings (SSSR count). The predicted molar refractivity (Wildman–Crippen MR) is 82.1 cm³/mol. The van der Waals surface area contributed by atoms with Crippen LogP contribution in [0, 0.1) is 0 Å². The number of azide groups is 1. The van der Waals surface area contributed by atoms with Gasteiger partial charge in [0.15, 0.2) is 0 Å². The fourth-order valence-electron chi connectivity index (χ4n) is 1.76. The van der Waals surface area contributed by atoms with E-state index in [-0.39, 0.29) is 5.97 Å². The molecule has 0 spiro atoms. The Morgan fingerprint density at radius 1 is 1.52 bits per heavy atom. The molecule has 0 heterocycles. The van der Waals surface area contributed by atoms with Gasteiger partial charge in [0.1, 0.15) is 11.8 Å². The highest BCUT2D eigenvalue weighted by Gasteiger charge is 2.21. The lowest BCUT2D eigenvalue weighted by Crippen LogP contribution is -2.30. The van der Waals surface area contributed by atoms with Crippen molar-refractivity contribution in [1.29, 1.82) is 0 Å². The monoisotopic (exact) mass is 356 g/mol. The summed E-state index contributed by atoms with van der Waals surface area (Å²) in [5.41, 5.74) is 8.97. The minimum Gasteiger partial charge on any atom is -0.496 e. The van der Waals surface area contributed by atoms with Crippen molar-refractivity contribution >= 4 is 21.9 Å². The summed E-state index contributed by atoms with van der Waals surface area (Å²) in [6.07, 6.45) is 0.634. The number of nitrogens with zero attached hydrogens (tertiary/aromatic N) is 3. The number of ether oxygens (including phenoxy) is 2. The van der Waals surface area contributed by atoms with Gasteiger partial charge < -0.3 is 14.8 Å². The van der Waals surface area contributed by atoms with Crippen LogP contribution in [0.5, 0.6) is 5.75 Å². The summed E-state index contributed by atoms with van der Waals surface area (Å²) in [5, 5.41) is 6.53. The molecule has 0 aliphatic carbocycles. The summed E-state index contributed by atoms with van der Waals surface area (Å²) in [6.45, 7) is 0.909. The summed E-state index contributed by atoms with van der Waals surface area (Å²) in [7, 11) is 2.92. The molecule has 0 bridgehead atoms. The van der Waals surface area contributed by atoms with Crippen molar-refractivity contribution in [2.75, 3.05) is 27.3 Å². The number of methoxy groups -OCH3 is 2. The zero-order valence-corrected chi connectivity index (χ0v) is 13.5. The summed E-state index contributed by atoms with van der Waals surface area (Å²) in [4.78, 5) is 14.6. The fraction of sp³-hybridized carbons (Fsp3) is 0.462. The van der Waals surface area contributed by atoms with E-state index in [0.29, 0.717) is 25.3 Å². The molecule has 1 aromatic rings. The lowest BCUT2D eigenvalue weighted by Gasteiger charge is -2.17. The molecule has 7 nitrogen and oxygen atoms in total. The number of esters is 1. The van der Waals surface area contributed by atoms with Crippen molar-refractivity contribution in [2.24, 2.45) is 5.11 Å².